The third kappa shape index (κ3) is 4.14. The quantitative estimate of drug-likeness (QED) is 0.841. The van der Waals surface area contributed by atoms with E-state index in [9.17, 15) is 5.11 Å². The number of hydrogen-bond donors (Lipinski definition) is 1. The summed E-state index contributed by atoms with van der Waals surface area (Å²) in [7, 11) is 1.75. The van der Waals surface area contributed by atoms with Crippen molar-refractivity contribution in [3.63, 3.8) is 0 Å². The zero-order chi connectivity index (χ0) is 16.1. The van der Waals surface area contributed by atoms with Gasteiger partial charge in [0.05, 0.1) is 13.7 Å². The number of thiophene rings is 1. The third-order valence-corrected chi connectivity index (χ3v) is 5.38. The monoisotopic (exact) mass is 331 g/mol. The zero-order valence-electron chi connectivity index (χ0n) is 13.8. The standard InChI is InChI=1S/C19H25NO2S/c1-22-19-12-16-6-3-2-5-15(16)11-17(19)13-20(8-9-21)14-18-7-4-10-23-18/h4,7,10-12,21H,2-3,5-6,8-9,13-14H2,1H3. The molecule has 0 saturated carbocycles. The van der Waals surface area contributed by atoms with Crippen LogP contribution in [0.25, 0.3) is 0 Å². The minimum absolute atomic E-state index is 0.179. The molecule has 2 aromatic rings. The van der Waals surface area contributed by atoms with Gasteiger partial charge in [0.15, 0.2) is 0 Å². The Kier molecular flexibility index (Phi) is 5.70. The molecule has 0 spiro atoms. The van der Waals surface area contributed by atoms with Crippen LogP contribution in [-0.4, -0.2) is 30.3 Å². The maximum Gasteiger partial charge on any atom is 0.123 e. The van der Waals surface area contributed by atoms with Crippen molar-refractivity contribution in [1.82, 2.24) is 4.90 Å². The van der Waals surface area contributed by atoms with Crippen LogP contribution in [0.5, 0.6) is 5.75 Å². The topological polar surface area (TPSA) is 32.7 Å². The molecule has 1 aliphatic carbocycles. The Morgan fingerprint density at radius 3 is 2.61 bits per heavy atom. The second-order valence-electron chi connectivity index (χ2n) is 6.15. The fraction of sp³-hybridized carbons (Fsp3) is 0.474. The number of ether oxygens (including phenoxy) is 1. The van der Waals surface area contributed by atoms with Crippen LogP contribution in [0.4, 0.5) is 0 Å². The van der Waals surface area contributed by atoms with Gasteiger partial charge in [-0.25, -0.2) is 0 Å². The van der Waals surface area contributed by atoms with E-state index in [0.717, 1.165) is 18.8 Å². The number of rotatable bonds is 7. The average molecular weight is 331 g/mol. The normalized spacial score (nSPS) is 14.0. The number of aliphatic hydroxyl groups excluding tert-OH is 1. The van der Waals surface area contributed by atoms with E-state index in [2.05, 4.69) is 34.5 Å². The average Bonchev–Trinajstić information content (AvgIpc) is 3.07. The van der Waals surface area contributed by atoms with Gasteiger partial charge in [0.2, 0.25) is 0 Å². The van der Waals surface area contributed by atoms with Gasteiger partial charge in [-0.3, -0.25) is 4.90 Å². The number of aliphatic hydroxyl groups is 1. The van der Waals surface area contributed by atoms with E-state index in [-0.39, 0.29) is 6.61 Å². The highest BCUT2D eigenvalue weighted by Gasteiger charge is 2.16. The fourth-order valence-corrected chi connectivity index (χ4v) is 4.09. The predicted octanol–water partition coefficient (Wildman–Crippen LogP) is 3.63. The van der Waals surface area contributed by atoms with E-state index in [4.69, 9.17) is 4.74 Å². The lowest BCUT2D eigenvalue weighted by Crippen LogP contribution is -2.26. The van der Waals surface area contributed by atoms with Crippen LogP contribution in [0.15, 0.2) is 29.6 Å². The molecule has 23 heavy (non-hydrogen) atoms. The molecule has 3 nitrogen and oxygen atoms in total. The molecule has 0 atom stereocenters. The number of benzene rings is 1. The van der Waals surface area contributed by atoms with Crippen LogP contribution in [0.3, 0.4) is 0 Å². The summed E-state index contributed by atoms with van der Waals surface area (Å²) >= 11 is 1.77. The Morgan fingerprint density at radius 2 is 1.96 bits per heavy atom. The van der Waals surface area contributed by atoms with Crippen LogP contribution in [-0.2, 0) is 25.9 Å². The lowest BCUT2D eigenvalue weighted by Gasteiger charge is -2.24. The van der Waals surface area contributed by atoms with Gasteiger partial charge in [-0.15, -0.1) is 11.3 Å². The summed E-state index contributed by atoms with van der Waals surface area (Å²) in [6.07, 6.45) is 4.91. The Balaban J connectivity index is 1.80. The van der Waals surface area contributed by atoms with Crippen molar-refractivity contribution in [2.24, 2.45) is 0 Å². The van der Waals surface area contributed by atoms with E-state index in [1.807, 2.05) is 0 Å². The molecule has 0 aliphatic heterocycles. The lowest BCUT2D eigenvalue weighted by atomic mass is 9.90. The molecule has 1 aliphatic rings. The number of hydrogen-bond acceptors (Lipinski definition) is 4. The molecular formula is C19H25NO2S. The van der Waals surface area contributed by atoms with Crippen molar-refractivity contribution in [2.75, 3.05) is 20.3 Å². The molecule has 0 saturated heterocycles. The van der Waals surface area contributed by atoms with Gasteiger partial charge < -0.3 is 9.84 Å². The highest BCUT2D eigenvalue weighted by Crippen LogP contribution is 2.30. The predicted molar refractivity (Wildman–Crippen MR) is 95.2 cm³/mol. The first-order valence-electron chi connectivity index (χ1n) is 8.34. The number of aryl methyl sites for hydroxylation is 2. The smallest absolute Gasteiger partial charge is 0.123 e. The van der Waals surface area contributed by atoms with E-state index >= 15 is 0 Å². The molecule has 0 unspecified atom stereocenters. The van der Waals surface area contributed by atoms with Crippen LogP contribution in [0.2, 0.25) is 0 Å². The maximum atomic E-state index is 9.39. The summed E-state index contributed by atoms with van der Waals surface area (Å²) in [5.41, 5.74) is 4.16. The molecule has 0 bridgehead atoms. The second-order valence-corrected chi connectivity index (χ2v) is 7.19. The first-order valence-corrected chi connectivity index (χ1v) is 9.22. The molecule has 1 heterocycles. The highest BCUT2D eigenvalue weighted by molar-refractivity contribution is 7.09. The second kappa shape index (κ2) is 7.95. The molecule has 4 heteroatoms. The van der Waals surface area contributed by atoms with E-state index in [1.165, 1.54) is 47.3 Å². The van der Waals surface area contributed by atoms with Gasteiger partial charge in [0, 0.05) is 30.1 Å². The molecule has 0 amide bonds. The van der Waals surface area contributed by atoms with Crippen LogP contribution < -0.4 is 4.74 Å². The zero-order valence-corrected chi connectivity index (χ0v) is 14.6. The van der Waals surface area contributed by atoms with Gasteiger partial charge in [-0.1, -0.05) is 12.1 Å². The van der Waals surface area contributed by atoms with Crippen molar-refractivity contribution < 1.29 is 9.84 Å². The molecule has 0 fully saturated rings. The van der Waals surface area contributed by atoms with E-state index in [1.54, 1.807) is 18.4 Å². The van der Waals surface area contributed by atoms with E-state index < -0.39 is 0 Å². The third-order valence-electron chi connectivity index (χ3n) is 4.51. The van der Waals surface area contributed by atoms with Gasteiger partial charge in [0.1, 0.15) is 5.75 Å². The maximum absolute atomic E-state index is 9.39. The largest absolute Gasteiger partial charge is 0.496 e. The van der Waals surface area contributed by atoms with Crippen molar-refractivity contribution >= 4 is 11.3 Å². The molecular weight excluding hydrogens is 306 g/mol. The summed E-state index contributed by atoms with van der Waals surface area (Å²) in [4.78, 5) is 3.62. The van der Waals surface area contributed by atoms with Crippen molar-refractivity contribution in [1.29, 1.82) is 0 Å². The van der Waals surface area contributed by atoms with Crippen molar-refractivity contribution in [3.8, 4) is 5.75 Å². The van der Waals surface area contributed by atoms with Gasteiger partial charge in [0.25, 0.3) is 0 Å². The molecule has 1 aromatic carbocycles. The number of nitrogens with zero attached hydrogens (tertiary/aromatic N) is 1. The molecule has 3 rings (SSSR count). The van der Waals surface area contributed by atoms with Crippen LogP contribution >= 0.6 is 11.3 Å². The number of fused-ring (bicyclic) bond motifs is 1. The lowest BCUT2D eigenvalue weighted by molar-refractivity contribution is 0.184. The van der Waals surface area contributed by atoms with Crippen molar-refractivity contribution in [3.05, 3.63) is 51.2 Å². The Bertz CT molecular complexity index is 625. The number of methoxy groups -OCH3 is 1. The summed E-state index contributed by atoms with van der Waals surface area (Å²) in [6.45, 7) is 2.55. The molecule has 0 radical (unpaired) electrons. The minimum atomic E-state index is 0.179. The Hall–Kier alpha value is -1.36. The molecule has 1 N–H and O–H groups in total. The Morgan fingerprint density at radius 1 is 1.17 bits per heavy atom. The van der Waals surface area contributed by atoms with Gasteiger partial charge >= 0.3 is 0 Å². The van der Waals surface area contributed by atoms with Crippen molar-refractivity contribution in [2.45, 2.75) is 38.8 Å². The SMILES string of the molecule is COc1cc2c(cc1CN(CCO)Cc1cccs1)CCCC2. The summed E-state index contributed by atoms with van der Waals surface area (Å²) in [5, 5.41) is 11.5. The molecule has 1 aromatic heterocycles. The highest BCUT2D eigenvalue weighted by atomic mass is 32.1. The minimum Gasteiger partial charge on any atom is -0.496 e. The summed E-state index contributed by atoms with van der Waals surface area (Å²) in [6, 6.07) is 8.79. The fourth-order valence-electron chi connectivity index (χ4n) is 3.35. The summed E-state index contributed by atoms with van der Waals surface area (Å²) in [5.74, 6) is 0.986. The first kappa shape index (κ1) is 16.5. The van der Waals surface area contributed by atoms with E-state index in [0.29, 0.717) is 6.54 Å². The summed E-state index contributed by atoms with van der Waals surface area (Å²) < 4.78 is 5.64. The first-order chi connectivity index (χ1) is 11.3. The van der Waals surface area contributed by atoms with Crippen LogP contribution in [0.1, 0.15) is 34.4 Å². The molecule has 124 valence electrons. The Labute approximate surface area is 142 Å². The van der Waals surface area contributed by atoms with Gasteiger partial charge in [-0.05, 0) is 54.3 Å². The van der Waals surface area contributed by atoms with Crippen LogP contribution in [0, 0.1) is 0 Å². The van der Waals surface area contributed by atoms with Gasteiger partial charge in [-0.2, -0.15) is 0 Å².